The molecule has 1 N–H and O–H groups in total. The number of benzene rings is 1. The first-order chi connectivity index (χ1) is 12.4. The van der Waals surface area contributed by atoms with Crippen molar-refractivity contribution >= 4 is 27.3 Å². The minimum absolute atomic E-state index is 0.00423. The fourth-order valence-electron chi connectivity index (χ4n) is 3.35. The maximum absolute atomic E-state index is 12.6. The standard InChI is InChI=1S/C19H24N2O3S2/c1-14-7-8-15(2)18(13-14)26(23,24)20-10-9-19(22)21-11-3-5-16(21)17-6-4-12-25-17/h4,6-8,12-13,16,20H,3,5,9-11H2,1-2H3. The smallest absolute Gasteiger partial charge is 0.240 e. The number of likely N-dealkylation sites (tertiary alicyclic amines) is 1. The lowest BCUT2D eigenvalue weighted by molar-refractivity contribution is -0.131. The molecule has 0 spiro atoms. The van der Waals surface area contributed by atoms with E-state index in [1.807, 2.05) is 29.3 Å². The number of hydrogen-bond acceptors (Lipinski definition) is 4. The first-order valence-corrected chi connectivity index (χ1v) is 11.1. The quantitative estimate of drug-likeness (QED) is 0.819. The molecule has 1 amide bonds. The summed E-state index contributed by atoms with van der Waals surface area (Å²) >= 11 is 1.66. The maximum atomic E-state index is 12.6. The van der Waals surface area contributed by atoms with Gasteiger partial charge in [-0.05, 0) is 55.3 Å². The van der Waals surface area contributed by atoms with E-state index in [9.17, 15) is 13.2 Å². The lowest BCUT2D eigenvalue weighted by Crippen LogP contribution is -2.34. The molecule has 0 radical (unpaired) electrons. The van der Waals surface area contributed by atoms with E-state index in [4.69, 9.17) is 0 Å². The predicted molar refractivity (Wildman–Crippen MR) is 104 cm³/mol. The van der Waals surface area contributed by atoms with Gasteiger partial charge in [-0.2, -0.15) is 0 Å². The number of amides is 1. The Balaban J connectivity index is 1.60. The van der Waals surface area contributed by atoms with Gasteiger partial charge >= 0.3 is 0 Å². The molecule has 1 fully saturated rings. The molecule has 1 aromatic carbocycles. The van der Waals surface area contributed by atoms with E-state index in [-0.39, 0.29) is 29.8 Å². The van der Waals surface area contributed by atoms with Crippen molar-refractivity contribution < 1.29 is 13.2 Å². The van der Waals surface area contributed by atoms with Crippen LogP contribution in [0.15, 0.2) is 40.6 Å². The molecule has 2 aromatic rings. The molecule has 1 aromatic heterocycles. The Morgan fingerprint density at radius 2 is 2.12 bits per heavy atom. The number of nitrogens with zero attached hydrogens (tertiary/aromatic N) is 1. The molecule has 7 heteroatoms. The molecular weight excluding hydrogens is 368 g/mol. The normalized spacial score (nSPS) is 17.6. The Morgan fingerprint density at radius 1 is 1.31 bits per heavy atom. The number of rotatable bonds is 6. The average molecular weight is 393 g/mol. The van der Waals surface area contributed by atoms with Gasteiger partial charge < -0.3 is 4.90 Å². The summed E-state index contributed by atoms with van der Waals surface area (Å²) in [7, 11) is -3.61. The zero-order valence-electron chi connectivity index (χ0n) is 15.1. The van der Waals surface area contributed by atoms with E-state index in [1.54, 1.807) is 30.4 Å². The Labute approximate surface area is 159 Å². The van der Waals surface area contributed by atoms with Crippen molar-refractivity contribution in [3.63, 3.8) is 0 Å². The number of thiophene rings is 1. The largest absolute Gasteiger partial charge is 0.335 e. The van der Waals surface area contributed by atoms with Gasteiger partial charge in [-0.1, -0.05) is 18.2 Å². The van der Waals surface area contributed by atoms with E-state index in [0.717, 1.165) is 24.9 Å². The summed E-state index contributed by atoms with van der Waals surface area (Å²) in [5, 5.41) is 2.02. The van der Waals surface area contributed by atoms with Crippen LogP contribution in [0.2, 0.25) is 0 Å². The highest BCUT2D eigenvalue weighted by atomic mass is 32.2. The van der Waals surface area contributed by atoms with E-state index in [2.05, 4.69) is 10.8 Å². The summed E-state index contributed by atoms with van der Waals surface area (Å²) in [4.78, 5) is 16.0. The minimum Gasteiger partial charge on any atom is -0.335 e. The summed E-state index contributed by atoms with van der Waals surface area (Å²) in [5.41, 5.74) is 1.59. The molecule has 140 valence electrons. The van der Waals surface area contributed by atoms with Gasteiger partial charge in [0.2, 0.25) is 15.9 Å². The number of sulfonamides is 1. The highest BCUT2D eigenvalue weighted by Crippen LogP contribution is 2.34. The van der Waals surface area contributed by atoms with Crippen molar-refractivity contribution in [1.29, 1.82) is 0 Å². The molecule has 0 saturated carbocycles. The number of carbonyl (C=O) groups is 1. The van der Waals surface area contributed by atoms with Crippen LogP contribution in [0.4, 0.5) is 0 Å². The van der Waals surface area contributed by atoms with Crippen molar-refractivity contribution in [2.24, 2.45) is 0 Å². The van der Waals surface area contributed by atoms with Crippen LogP contribution in [-0.4, -0.2) is 32.3 Å². The molecular formula is C19H24N2O3S2. The van der Waals surface area contributed by atoms with E-state index in [1.165, 1.54) is 4.88 Å². The Morgan fingerprint density at radius 3 is 2.85 bits per heavy atom. The van der Waals surface area contributed by atoms with Crippen molar-refractivity contribution in [2.75, 3.05) is 13.1 Å². The number of carbonyl (C=O) groups excluding carboxylic acids is 1. The Bertz CT molecular complexity index is 876. The molecule has 0 aliphatic carbocycles. The van der Waals surface area contributed by atoms with E-state index < -0.39 is 10.0 Å². The third kappa shape index (κ3) is 4.16. The van der Waals surface area contributed by atoms with Crippen molar-refractivity contribution in [2.45, 2.75) is 44.0 Å². The van der Waals surface area contributed by atoms with E-state index >= 15 is 0 Å². The highest BCUT2D eigenvalue weighted by molar-refractivity contribution is 7.89. The molecule has 3 rings (SSSR count). The molecule has 2 heterocycles. The first-order valence-electron chi connectivity index (χ1n) is 8.78. The van der Waals surface area contributed by atoms with Crippen LogP contribution < -0.4 is 4.72 Å². The zero-order chi connectivity index (χ0) is 18.7. The molecule has 26 heavy (non-hydrogen) atoms. The highest BCUT2D eigenvalue weighted by Gasteiger charge is 2.30. The summed E-state index contributed by atoms with van der Waals surface area (Å²) in [5.74, 6) is 0.00423. The van der Waals surface area contributed by atoms with Gasteiger partial charge in [-0.3, -0.25) is 4.79 Å². The van der Waals surface area contributed by atoms with Gasteiger partial charge in [0.05, 0.1) is 10.9 Å². The van der Waals surface area contributed by atoms with Gasteiger partial charge in [0.25, 0.3) is 0 Å². The van der Waals surface area contributed by atoms with Crippen LogP contribution in [0.25, 0.3) is 0 Å². The Hall–Kier alpha value is -1.70. The van der Waals surface area contributed by atoms with Gasteiger partial charge in [0.1, 0.15) is 0 Å². The maximum Gasteiger partial charge on any atom is 0.240 e. The number of hydrogen-bond donors (Lipinski definition) is 1. The molecule has 1 atom stereocenters. The summed E-state index contributed by atoms with van der Waals surface area (Å²) < 4.78 is 27.6. The van der Waals surface area contributed by atoms with E-state index in [0.29, 0.717) is 5.56 Å². The fraction of sp³-hybridized carbons (Fsp3) is 0.421. The van der Waals surface area contributed by atoms with Crippen molar-refractivity contribution in [1.82, 2.24) is 9.62 Å². The van der Waals surface area contributed by atoms with Gasteiger partial charge in [-0.15, -0.1) is 11.3 Å². The van der Waals surface area contributed by atoms with Crippen LogP contribution >= 0.6 is 11.3 Å². The lowest BCUT2D eigenvalue weighted by atomic mass is 10.2. The minimum atomic E-state index is -3.61. The second-order valence-electron chi connectivity index (χ2n) is 6.68. The van der Waals surface area contributed by atoms with Crippen LogP contribution in [0.1, 0.15) is 41.3 Å². The summed E-state index contributed by atoms with van der Waals surface area (Å²) in [6, 6.07) is 9.54. The molecule has 1 unspecified atom stereocenters. The average Bonchev–Trinajstić information content (AvgIpc) is 3.27. The Kier molecular flexibility index (Phi) is 5.79. The van der Waals surface area contributed by atoms with Crippen molar-refractivity contribution in [3.8, 4) is 0 Å². The van der Waals surface area contributed by atoms with Crippen molar-refractivity contribution in [3.05, 3.63) is 51.7 Å². The monoisotopic (exact) mass is 392 g/mol. The SMILES string of the molecule is Cc1ccc(C)c(S(=O)(=O)NCCC(=O)N2CCCC2c2cccs2)c1. The molecule has 1 aliphatic heterocycles. The zero-order valence-corrected chi connectivity index (χ0v) is 16.7. The lowest BCUT2D eigenvalue weighted by Gasteiger charge is -2.24. The van der Waals surface area contributed by atoms with Crippen LogP contribution in [-0.2, 0) is 14.8 Å². The third-order valence-corrected chi connectivity index (χ3v) is 7.29. The third-order valence-electron chi connectivity index (χ3n) is 4.71. The van der Waals surface area contributed by atoms with Gasteiger partial charge in [0.15, 0.2) is 0 Å². The second-order valence-corrected chi connectivity index (χ2v) is 9.39. The molecule has 0 bridgehead atoms. The van der Waals surface area contributed by atoms with Gasteiger partial charge in [0, 0.05) is 24.4 Å². The molecule has 1 aliphatic rings. The topological polar surface area (TPSA) is 66.5 Å². The first kappa shape index (κ1) is 19.1. The summed E-state index contributed by atoms with van der Waals surface area (Å²) in [6.07, 6.45) is 2.13. The van der Waals surface area contributed by atoms with Crippen LogP contribution in [0.5, 0.6) is 0 Å². The van der Waals surface area contributed by atoms with Crippen LogP contribution in [0, 0.1) is 13.8 Å². The predicted octanol–water partition coefficient (Wildman–Crippen LogP) is 3.40. The van der Waals surface area contributed by atoms with Gasteiger partial charge in [-0.25, -0.2) is 13.1 Å². The second kappa shape index (κ2) is 7.90. The molecule has 5 nitrogen and oxygen atoms in total. The summed E-state index contributed by atoms with van der Waals surface area (Å²) in [6.45, 7) is 4.49. The van der Waals surface area contributed by atoms with Crippen LogP contribution in [0.3, 0.4) is 0 Å². The molecule has 1 saturated heterocycles. The fourth-order valence-corrected chi connectivity index (χ4v) is 5.59. The number of aryl methyl sites for hydroxylation is 2. The number of nitrogens with one attached hydrogen (secondary N) is 1.